The summed E-state index contributed by atoms with van der Waals surface area (Å²) in [6, 6.07) is 4.27. The van der Waals surface area contributed by atoms with Gasteiger partial charge in [-0.05, 0) is 30.4 Å². The van der Waals surface area contributed by atoms with E-state index in [1.54, 1.807) is 6.07 Å². The lowest BCUT2D eigenvalue weighted by Gasteiger charge is -2.12. The van der Waals surface area contributed by atoms with Crippen molar-refractivity contribution in [3.63, 3.8) is 0 Å². The molecule has 0 radical (unpaired) electrons. The molecule has 1 saturated carbocycles. The van der Waals surface area contributed by atoms with Gasteiger partial charge in [-0.1, -0.05) is 17.7 Å². The van der Waals surface area contributed by atoms with Gasteiger partial charge in [0.2, 0.25) is 0 Å². The first-order valence-corrected chi connectivity index (χ1v) is 7.78. The van der Waals surface area contributed by atoms with Crippen molar-refractivity contribution in [1.29, 1.82) is 0 Å². The van der Waals surface area contributed by atoms with Crippen molar-refractivity contribution in [1.82, 2.24) is 0 Å². The highest BCUT2D eigenvalue weighted by Gasteiger charge is 2.45. The normalized spacial score (nSPS) is 18.0. The molecule has 6 heteroatoms. The lowest BCUT2D eigenvalue weighted by atomic mass is 10.1. The number of carboxylic acid groups (broad SMARTS) is 1. The molecule has 3 nitrogen and oxygen atoms in total. The highest BCUT2D eigenvalue weighted by molar-refractivity contribution is 7.84. The summed E-state index contributed by atoms with van der Waals surface area (Å²) in [6.07, 6.45) is 1.62. The summed E-state index contributed by atoms with van der Waals surface area (Å²) < 4.78 is 25.6. The average molecular weight is 305 g/mol. The smallest absolute Gasteiger partial charge is 0.303 e. The van der Waals surface area contributed by atoms with Gasteiger partial charge >= 0.3 is 5.97 Å². The largest absolute Gasteiger partial charge is 0.481 e. The predicted molar refractivity (Wildman–Crippen MR) is 72.0 cm³/mol. The zero-order chi connectivity index (χ0) is 14.0. The summed E-state index contributed by atoms with van der Waals surface area (Å²) >= 11 is 5.65. The van der Waals surface area contributed by atoms with Gasteiger partial charge in [0, 0.05) is 27.1 Å². The van der Waals surface area contributed by atoms with Crippen LogP contribution < -0.4 is 0 Å². The zero-order valence-corrected chi connectivity index (χ0v) is 11.8. The Hall–Kier alpha value is -0.940. The van der Waals surface area contributed by atoms with E-state index in [2.05, 4.69) is 0 Å². The topological polar surface area (TPSA) is 54.4 Å². The molecule has 104 valence electrons. The molecule has 1 aromatic rings. The number of hydrogen-bond acceptors (Lipinski definition) is 2. The number of carbonyl (C=O) groups is 1. The summed E-state index contributed by atoms with van der Waals surface area (Å²) in [4.78, 5) is 10.7. The monoisotopic (exact) mass is 304 g/mol. The van der Waals surface area contributed by atoms with Gasteiger partial charge in [-0.15, -0.1) is 0 Å². The maximum Gasteiger partial charge on any atom is 0.303 e. The summed E-state index contributed by atoms with van der Waals surface area (Å²) in [5.41, 5.74) is 0.0217. The van der Waals surface area contributed by atoms with Gasteiger partial charge in [0.15, 0.2) is 0 Å². The molecule has 1 unspecified atom stereocenters. The Morgan fingerprint density at radius 3 is 2.68 bits per heavy atom. The highest BCUT2D eigenvalue weighted by Crippen LogP contribution is 2.49. The number of carboxylic acids is 1. The minimum absolute atomic E-state index is 0.0435. The van der Waals surface area contributed by atoms with Crippen LogP contribution in [-0.2, 0) is 21.3 Å². The number of hydrogen-bond donors (Lipinski definition) is 1. The van der Waals surface area contributed by atoms with Crippen LogP contribution in [0.15, 0.2) is 18.2 Å². The fourth-order valence-electron chi connectivity index (χ4n) is 2.07. The van der Waals surface area contributed by atoms with E-state index >= 15 is 0 Å². The van der Waals surface area contributed by atoms with E-state index in [0.717, 1.165) is 12.8 Å². The van der Waals surface area contributed by atoms with Crippen LogP contribution in [0.2, 0.25) is 5.02 Å². The van der Waals surface area contributed by atoms with Crippen LogP contribution in [0, 0.1) is 11.2 Å². The standard InChI is InChI=1S/C13H14ClFO3S/c14-10-2-1-9(11(15)5-10)7-19(18)8-13(3-4-13)6-12(16)17/h1-2,5H,3-4,6-8H2,(H,16,17). The molecule has 0 amide bonds. The molecular weight excluding hydrogens is 291 g/mol. The molecule has 0 aliphatic heterocycles. The first-order chi connectivity index (χ1) is 8.90. The van der Waals surface area contributed by atoms with Crippen molar-refractivity contribution in [2.24, 2.45) is 5.41 Å². The molecule has 1 atom stereocenters. The average Bonchev–Trinajstić information content (AvgIpc) is 3.00. The number of benzene rings is 1. The highest BCUT2D eigenvalue weighted by atomic mass is 35.5. The molecule has 1 aliphatic rings. The third-order valence-electron chi connectivity index (χ3n) is 3.28. The Balaban J connectivity index is 1.96. The molecule has 19 heavy (non-hydrogen) atoms. The van der Waals surface area contributed by atoms with Crippen molar-refractivity contribution >= 4 is 28.4 Å². The Labute approximate surface area is 118 Å². The second kappa shape index (κ2) is 5.59. The van der Waals surface area contributed by atoms with E-state index in [0.29, 0.717) is 16.3 Å². The van der Waals surface area contributed by atoms with E-state index in [1.165, 1.54) is 12.1 Å². The van der Waals surface area contributed by atoms with Gasteiger partial charge in [-0.3, -0.25) is 9.00 Å². The van der Waals surface area contributed by atoms with Crippen molar-refractivity contribution in [2.75, 3.05) is 5.75 Å². The number of aliphatic carboxylic acids is 1. The summed E-state index contributed by atoms with van der Waals surface area (Å²) in [5, 5.41) is 9.10. The third-order valence-corrected chi connectivity index (χ3v) is 5.08. The van der Waals surface area contributed by atoms with Crippen LogP contribution in [0.1, 0.15) is 24.8 Å². The molecule has 1 aliphatic carbocycles. The number of rotatable bonds is 6. The summed E-state index contributed by atoms with van der Waals surface area (Å²) in [5.74, 6) is -0.915. The van der Waals surface area contributed by atoms with Crippen molar-refractivity contribution in [3.8, 4) is 0 Å². The number of halogens is 2. The van der Waals surface area contributed by atoms with Crippen molar-refractivity contribution < 1.29 is 18.5 Å². The van der Waals surface area contributed by atoms with E-state index in [-0.39, 0.29) is 17.6 Å². The molecule has 0 bridgehead atoms. The molecule has 2 rings (SSSR count). The van der Waals surface area contributed by atoms with Crippen LogP contribution >= 0.6 is 11.6 Å². The van der Waals surface area contributed by atoms with Gasteiger partial charge in [0.25, 0.3) is 0 Å². The molecule has 0 heterocycles. The van der Waals surface area contributed by atoms with Gasteiger partial charge in [-0.2, -0.15) is 0 Å². The van der Waals surface area contributed by atoms with Crippen LogP contribution in [-0.4, -0.2) is 21.0 Å². The molecule has 0 aromatic heterocycles. The maximum absolute atomic E-state index is 13.6. The zero-order valence-electron chi connectivity index (χ0n) is 10.2. The van der Waals surface area contributed by atoms with Crippen LogP contribution in [0.4, 0.5) is 4.39 Å². The second-order valence-corrected chi connectivity index (χ2v) is 6.93. The van der Waals surface area contributed by atoms with E-state index in [9.17, 15) is 13.4 Å². The Bertz CT molecular complexity index is 529. The first kappa shape index (κ1) is 14.5. The van der Waals surface area contributed by atoms with Crippen molar-refractivity contribution in [3.05, 3.63) is 34.6 Å². The lowest BCUT2D eigenvalue weighted by Crippen LogP contribution is -2.17. The first-order valence-electron chi connectivity index (χ1n) is 5.91. The van der Waals surface area contributed by atoms with Crippen LogP contribution in [0.25, 0.3) is 0 Å². The molecule has 0 saturated heterocycles. The van der Waals surface area contributed by atoms with Crippen LogP contribution in [0.3, 0.4) is 0 Å². The molecule has 1 fully saturated rings. The van der Waals surface area contributed by atoms with Crippen LogP contribution in [0.5, 0.6) is 0 Å². The fraction of sp³-hybridized carbons (Fsp3) is 0.462. The minimum Gasteiger partial charge on any atom is -0.481 e. The van der Waals surface area contributed by atoms with Gasteiger partial charge < -0.3 is 5.11 Å². The van der Waals surface area contributed by atoms with Gasteiger partial charge in [0.05, 0.1) is 12.2 Å². The SMILES string of the molecule is O=C(O)CC1(CS(=O)Cc2ccc(Cl)cc2F)CC1. The summed E-state index contributed by atoms with van der Waals surface area (Å²) in [6.45, 7) is 0. The quantitative estimate of drug-likeness (QED) is 0.879. The molecule has 1 N–H and O–H groups in total. The Morgan fingerprint density at radius 2 is 2.16 bits per heavy atom. The summed E-state index contributed by atoms with van der Waals surface area (Å²) in [7, 11) is -1.26. The molecule has 1 aromatic carbocycles. The predicted octanol–water partition coefficient (Wildman–Crippen LogP) is 2.98. The maximum atomic E-state index is 13.6. The third kappa shape index (κ3) is 4.01. The fourth-order valence-corrected chi connectivity index (χ4v) is 3.99. The minimum atomic E-state index is -1.26. The Morgan fingerprint density at radius 1 is 1.47 bits per heavy atom. The lowest BCUT2D eigenvalue weighted by molar-refractivity contribution is -0.138. The van der Waals surface area contributed by atoms with Gasteiger partial charge in [-0.25, -0.2) is 4.39 Å². The second-order valence-electron chi connectivity index (χ2n) is 5.03. The van der Waals surface area contributed by atoms with E-state index in [1.807, 2.05) is 0 Å². The molecule has 0 spiro atoms. The van der Waals surface area contributed by atoms with Gasteiger partial charge in [0.1, 0.15) is 5.82 Å². The van der Waals surface area contributed by atoms with Crippen molar-refractivity contribution in [2.45, 2.75) is 25.0 Å². The van der Waals surface area contributed by atoms with E-state index < -0.39 is 22.6 Å². The van der Waals surface area contributed by atoms with E-state index in [4.69, 9.17) is 16.7 Å². The molecular formula is C13H14ClFO3S. The Kier molecular flexibility index (Phi) is 4.26.